The van der Waals surface area contributed by atoms with Crippen molar-refractivity contribution >= 4 is 51.7 Å². The van der Waals surface area contributed by atoms with Crippen LogP contribution in [0.25, 0.3) is 0 Å². The summed E-state index contributed by atoms with van der Waals surface area (Å²) in [4.78, 5) is 17.2. The molecular weight excluding hydrogens is 412 g/mol. The van der Waals surface area contributed by atoms with Gasteiger partial charge in [-0.2, -0.15) is 0 Å². The Balaban J connectivity index is 1.99. The lowest BCUT2D eigenvalue weighted by atomic mass is 10.2. The van der Waals surface area contributed by atoms with Crippen molar-refractivity contribution in [3.05, 3.63) is 67.2 Å². The maximum Gasteiger partial charge on any atom is 0.276 e. The molecular formula is C14H10Cl2INO2. The minimum absolute atomic E-state index is 0.289. The number of nitrogens with one attached hydrogen (secondary N) is 1. The molecule has 2 aromatic carbocycles. The number of halogens is 3. The molecule has 2 rings (SSSR count). The third kappa shape index (κ3) is 4.09. The average Bonchev–Trinajstić information content (AvgIpc) is 2.44. The highest BCUT2D eigenvalue weighted by atomic mass is 127. The van der Waals surface area contributed by atoms with Crippen molar-refractivity contribution in [1.29, 1.82) is 0 Å². The lowest BCUT2D eigenvalue weighted by Crippen LogP contribution is -2.24. The van der Waals surface area contributed by atoms with Gasteiger partial charge in [0.1, 0.15) is 0 Å². The normalized spacial score (nSPS) is 10.3. The zero-order valence-corrected chi connectivity index (χ0v) is 13.9. The molecule has 0 saturated carbocycles. The van der Waals surface area contributed by atoms with Crippen molar-refractivity contribution in [2.75, 3.05) is 0 Å². The van der Waals surface area contributed by atoms with E-state index in [4.69, 9.17) is 28.0 Å². The Morgan fingerprint density at radius 3 is 2.60 bits per heavy atom. The Morgan fingerprint density at radius 2 is 1.90 bits per heavy atom. The fourth-order valence-corrected chi connectivity index (χ4v) is 2.59. The number of amides is 1. The van der Waals surface area contributed by atoms with Crippen molar-refractivity contribution in [3.8, 4) is 0 Å². The van der Waals surface area contributed by atoms with Gasteiger partial charge in [-0.15, -0.1) is 0 Å². The quantitative estimate of drug-likeness (QED) is 0.449. The number of carbonyl (C=O) groups is 1. The second-order valence-electron chi connectivity index (χ2n) is 3.95. The van der Waals surface area contributed by atoms with Gasteiger partial charge in [0, 0.05) is 8.59 Å². The van der Waals surface area contributed by atoms with Crippen LogP contribution in [0.15, 0.2) is 42.5 Å². The Hall–Kier alpha value is -0.820. The highest BCUT2D eigenvalue weighted by Gasteiger charge is 2.14. The highest BCUT2D eigenvalue weighted by molar-refractivity contribution is 14.1. The third-order valence-corrected chi connectivity index (χ3v) is 4.48. The molecule has 0 unspecified atom stereocenters. The molecule has 1 N–H and O–H groups in total. The molecule has 0 spiro atoms. The van der Waals surface area contributed by atoms with E-state index in [9.17, 15) is 4.79 Å². The molecule has 1 amide bonds. The van der Waals surface area contributed by atoms with Gasteiger partial charge in [0.05, 0.1) is 17.2 Å². The summed E-state index contributed by atoms with van der Waals surface area (Å²) >= 11 is 13.9. The molecule has 0 aliphatic carbocycles. The fraction of sp³-hybridized carbons (Fsp3) is 0.0714. The molecule has 0 bridgehead atoms. The van der Waals surface area contributed by atoms with E-state index >= 15 is 0 Å². The summed E-state index contributed by atoms with van der Waals surface area (Å²) in [5.41, 5.74) is 3.73. The summed E-state index contributed by atoms with van der Waals surface area (Å²) in [6, 6.07) is 12.7. The third-order valence-electron chi connectivity index (χ3n) is 2.48. The van der Waals surface area contributed by atoms with Gasteiger partial charge in [0.2, 0.25) is 0 Å². The summed E-state index contributed by atoms with van der Waals surface area (Å²) < 4.78 is 0.634. The molecule has 104 valence electrons. The number of carbonyl (C=O) groups excluding carboxylic acids is 1. The van der Waals surface area contributed by atoms with E-state index in [-0.39, 0.29) is 12.5 Å². The fourth-order valence-electron chi connectivity index (χ4n) is 1.54. The topological polar surface area (TPSA) is 38.3 Å². The zero-order valence-electron chi connectivity index (χ0n) is 10.2. The molecule has 3 nitrogen and oxygen atoms in total. The van der Waals surface area contributed by atoms with E-state index in [0.717, 1.165) is 5.56 Å². The first kappa shape index (κ1) is 15.6. The Bertz CT molecular complexity index is 620. The molecule has 20 heavy (non-hydrogen) atoms. The average molecular weight is 422 g/mol. The van der Waals surface area contributed by atoms with Crippen LogP contribution in [0.2, 0.25) is 10.0 Å². The molecule has 0 saturated heterocycles. The van der Waals surface area contributed by atoms with Crippen molar-refractivity contribution < 1.29 is 9.63 Å². The monoisotopic (exact) mass is 421 g/mol. The van der Waals surface area contributed by atoms with E-state index in [2.05, 4.69) is 5.48 Å². The second-order valence-corrected chi connectivity index (χ2v) is 5.88. The second kappa shape index (κ2) is 7.26. The van der Waals surface area contributed by atoms with Gasteiger partial charge in [-0.25, -0.2) is 5.48 Å². The van der Waals surface area contributed by atoms with Crippen LogP contribution in [0.1, 0.15) is 15.9 Å². The lowest BCUT2D eigenvalue weighted by Gasteiger charge is -2.09. The molecule has 6 heteroatoms. The molecule has 0 aliphatic rings. The minimum Gasteiger partial charge on any atom is -0.269 e. The Morgan fingerprint density at radius 1 is 1.20 bits per heavy atom. The standard InChI is InChI=1S/C14H10Cl2INO2/c15-10-6-11(13(17)12(16)7-10)14(19)18-20-8-9-4-2-1-3-5-9/h1-7H,8H2,(H,18,19). The predicted octanol–water partition coefficient (Wildman–Crippen LogP) is 4.46. The van der Waals surface area contributed by atoms with E-state index in [1.165, 1.54) is 0 Å². The van der Waals surface area contributed by atoms with Crippen LogP contribution in [-0.4, -0.2) is 5.91 Å². The predicted molar refractivity (Wildman–Crippen MR) is 87.9 cm³/mol. The first-order valence-electron chi connectivity index (χ1n) is 5.68. The van der Waals surface area contributed by atoms with E-state index < -0.39 is 0 Å². The van der Waals surface area contributed by atoms with Crippen LogP contribution in [0.5, 0.6) is 0 Å². The Kier molecular flexibility index (Phi) is 5.65. The number of rotatable bonds is 4. The maximum absolute atomic E-state index is 12.0. The highest BCUT2D eigenvalue weighted by Crippen LogP contribution is 2.26. The molecule has 0 atom stereocenters. The summed E-state index contributed by atoms with van der Waals surface area (Å²) in [5, 5.41) is 0.843. The molecule has 0 heterocycles. The number of hydrogen-bond acceptors (Lipinski definition) is 2. The summed E-state index contributed by atoms with van der Waals surface area (Å²) in [6.45, 7) is 0.289. The smallest absolute Gasteiger partial charge is 0.269 e. The van der Waals surface area contributed by atoms with Crippen LogP contribution in [-0.2, 0) is 11.4 Å². The van der Waals surface area contributed by atoms with E-state index in [0.29, 0.717) is 19.2 Å². The van der Waals surface area contributed by atoms with Gasteiger partial charge in [-0.3, -0.25) is 9.63 Å². The molecule has 0 aromatic heterocycles. The van der Waals surface area contributed by atoms with Crippen molar-refractivity contribution in [2.24, 2.45) is 0 Å². The minimum atomic E-state index is -0.380. The van der Waals surface area contributed by atoms with Crippen LogP contribution in [0, 0.1) is 3.57 Å². The van der Waals surface area contributed by atoms with Crippen molar-refractivity contribution in [3.63, 3.8) is 0 Å². The Labute approximate surface area is 140 Å². The SMILES string of the molecule is O=C(NOCc1ccccc1)c1cc(Cl)cc(Cl)c1I. The largest absolute Gasteiger partial charge is 0.276 e. The van der Waals surface area contributed by atoms with E-state index in [1.807, 2.05) is 52.9 Å². The first-order chi connectivity index (χ1) is 9.58. The summed E-state index contributed by atoms with van der Waals surface area (Å²) in [5.74, 6) is -0.380. The zero-order chi connectivity index (χ0) is 14.5. The molecule has 0 fully saturated rings. The van der Waals surface area contributed by atoms with E-state index in [1.54, 1.807) is 12.1 Å². The molecule has 0 radical (unpaired) electrons. The summed E-state index contributed by atoms with van der Waals surface area (Å²) in [7, 11) is 0. The van der Waals surface area contributed by atoms with Crippen molar-refractivity contribution in [2.45, 2.75) is 6.61 Å². The first-order valence-corrected chi connectivity index (χ1v) is 7.52. The molecule has 2 aromatic rings. The number of hydroxylamine groups is 1. The number of hydrogen-bond donors (Lipinski definition) is 1. The van der Waals surface area contributed by atoms with Gasteiger partial charge in [0.25, 0.3) is 5.91 Å². The maximum atomic E-state index is 12.0. The summed E-state index contributed by atoms with van der Waals surface area (Å²) in [6.07, 6.45) is 0. The van der Waals surface area contributed by atoms with Gasteiger partial charge >= 0.3 is 0 Å². The lowest BCUT2D eigenvalue weighted by molar-refractivity contribution is 0.0233. The van der Waals surface area contributed by atoms with Crippen molar-refractivity contribution in [1.82, 2.24) is 5.48 Å². The van der Waals surface area contributed by atoms with Gasteiger partial charge in [-0.05, 0) is 40.3 Å². The van der Waals surface area contributed by atoms with Gasteiger partial charge in [-0.1, -0.05) is 53.5 Å². The van der Waals surface area contributed by atoms with Gasteiger partial charge < -0.3 is 0 Å². The van der Waals surface area contributed by atoms with Gasteiger partial charge in [0.15, 0.2) is 0 Å². The number of benzene rings is 2. The van der Waals surface area contributed by atoms with Crippen LogP contribution >= 0.6 is 45.8 Å². The molecule has 0 aliphatic heterocycles. The van der Waals surface area contributed by atoms with Crippen LogP contribution in [0.4, 0.5) is 0 Å². The van der Waals surface area contributed by atoms with Crippen LogP contribution < -0.4 is 5.48 Å². The van der Waals surface area contributed by atoms with Crippen LogP contribution in [0.3, 0.4) is 0 Å².